The van der Waals surface area contributed by atoms with Crippen molar-refractivity contribution in [1.82, 2.24) is 29.1 Å². The minimum absolute atomic E-state index is 0.118. The second-order valence-corrected chi connectivity index (χ2v) is 7.49. The van der Waals surface area contributed by atoms with Crippen LogP contribution in [-0.2, 0) is 25.4 Å². The summed E-state index contributed by atoms with van der Waals surface area (Å²) in [5, 5.41) is 8.92. The molecule has 0 aliphatic carbocycles. The molecule has 0 radical (unpaired) electrons. The van der Waals surface area contributed by atoms with Gasteiger partial charge in [-0.2, -0.15) is 0 Å². The van der Waals surface area contributed by atoms with Crippen molar-refractivity contribution >= 4 is 5.91 Å². The van der Waals surface area contributed by atoms with Crippen molar-refractivity contribution in [2.24, 2.45) is 14.1 Å². The number of ether oxygens (including phenoxy) is 1. The molecule has 2 aliphatic rings. The van der Waals surface area contributed by atoms with Gasteiger partial charge in [0.25, 0.3) is 5.91 Å². The monoisotopic (exact) mass is 372 g/mol. The summed E-state index contributed by atoms with van der Waals surface area (Å²) in [6.45, 7) is 5.82. The van der Waals surface area contributed by atoms with E-state index in [1.54, 1.807) is 0 Å². The summed E-state index contributed by atoms with van der Waals surface area (Å²) in [4.78, 5) is 17.0. The molecule has 0 aromatic carbocycles. The fourth-order valence-corrected chi connectivity index (χ4v) is 4.01. The van der Waals surface area contributed by atoms with Gasteiger partial charge in [-0.1, -0.05) is 0 Å². The SMILES string of the molecule is Cn1cccc1C(=O)N1CCC(c2nnc(CN3CCOCC3)n2C)CC1. The molecule has 0 saturated carbocycles. The lowest BCUT2D eigenvalue weighted by molar-refractivity contribution is 0.0326. The van der Waals surface area contributed by atoms with Crippen LogP contribution in [0, 0.1) is 0 Å². The van der Waals surface area contributed by atoms with E-state index < -0.39 is 0 Å². The topological polar surface area (TPSA) is 68.4 Å². The molecule has 8 nitrogen and oxygen atoms in total. The van der Waals surface area contributed by atoms with Crippen molar-refractivity contribution in [2.75, 3.05) is 39.4 Å². The smallest absolute Gasteiger partial charge is 0.270 e. The first-order valence-electron chi connectivity index (χ1n) is 9.72. The van der Waals surface area contributed by atoms with Crippen LogP contribution >= 0.6 is 0 Å². The Bertz CT molecular complexity index is 784. The predicted molar refractivity (Wildman–Crippen MR) is 100 cm³/mol. The van der Waals surface area contributed by atoms with Crippen molar-refractivity contribution in [2.45, 2.75) is 25.3 Å². The summed E-state index contributed by atoms with van der Waals surface area (Å²) in [6.07, 6.45) is 3.77. The van der Waals surface area contributed by atoms with Gasteiger partial charge in [-0.3, -0.25) is 9.69 Å². The number of aromatic nitrogens is 4. The van der Waals surface area contributed by atoms with E-state index in [0.29, 0.717) is 5.92 Å². The highest BCUT2D eigenvalue weighted by molar-refractivity contribution is 5.92. The molecule has 1 amide bonds. The van der Waals surface area contributed by atoms with Crippen molar-refractivity contribution < 1.29 is 9.53 Å². The number of carbonyl (C=O) groups excluding carboxylic acids is 1. The molecule has 146 valence electrons. The van der Waals surface area contributed by atoms with Gasteiger partial charge in [-0.05, 0) is 25.0 Å². The van der Waals surface area contributed by atoms with Crippen LogP contribution in [0.3, 0.4) is 0 Å². The average Bonchev–Trinajstić information content (AvgIpc) is 3.28. The zero-order valence-electron chi connectivity index (χ0n) is 16.2. The molecule has 4 rings (SSSR count). The van der Waals surface area contributed by atoms with Crippen LogP contribution in [0.5, 0.6) is 0 Å². The van der Waals surface area contributed by atoms with E-state index >= 15 is 0 Å². The van der Waals surface area contributed by atoms with E-state index in [-0.39, 0.29) is 5.91 Å². The second kappa shape index (κ2) is 7.82. The van der Waals surface area contributed by atoms with Crippen molar-refractivity contribution in [3.8, 4) is 0 Å². The van der Waals surface area contributed by atoms with Gasteiger partial charge in [0.1, 0.15) is 17.3 Å². The standard InChI is InChI=1S/C19H28N6O2/c1-22-7-3-4-16(22)19(26)25-8-5-15(6-9-25)18-21-20-17(23(18)2)14-24-10-12-27-13-11-24/h3-4,7,15H,5-6,8-14H2,1-2H3. The van der Waals surface area contributed by atoms with Gasteiger partial charge < -0.3 is 18.8 Å². The van der Waals surface area contributed by atoms with Crippen LogP contribution < -0.4 is 0 Å². The van der Waals surface area contributed by atoms with E-state index in [0.717, 1.165) is 76.1 Å². The van der Waals surface area contributed by atoms with E-state index in [9.17, 15) is 4.79 Å². The first kappa shape index (κ1) is 18.2. The number of aryl methyl sites for hydroxylation is 1. The third kappa shape index (κ3) is 3.77. The Kier molecular flexibility index (Phi) is 5.27. The Morgan fingerprint density at radius 1 is 1.15 bits per heavy atom. The number of hydrogen-bond donors (Lipinski definition) is 0. The van der Waals surface area contributed by atoms with E-state index in [2.05, 4.69) is 26.7 Å². The largest absolute Gasteiger partial charge is 0.379 e. The lowest BCUT2D eigenvalue weighted by Gasteiger charge is -2.31. The Morgan fingerprint density at radius 3 is 2.56 bits per heavy atom. The highest BCUT2D eigenvalue weighted by atomic mass is 16.5. The molecule has 2 aliphatic heterocycles. The number of nitrogens with zero attached hydrogens (tertiary/aromatic N) is 6. The number of morpholine rings is 1. The van der Waals surface area contributed by atoms with Crippen LogP contribution in [0.1, 0.15) is 40.9 Å². The number of hydrogen-bond acceptors (Lipinski definition) is 5. The van der Waals surface area contributed by atoms with Gasteiger partial charge in [0, 0.05) is 52.4 Å². The van der Waals surface area contributed by atoms with Gasteiger partial charge >= 0.3 is 0 Å². The molecular formula is C19H28N6O2. The van der Waals surface area contributed by atoms with Crippen LogP contribution in [0.25, 0.3) is 0 Å². The lowest BCUT2D eigenvalue weighted by atomic mass is 9.95. The summed E-state index contributed by atoms with van der Waals surface area (Å²) in [5.41, 5.74) is 0.750. The molecule has 0 N–H and O–H groups in total. The van der Waals surface area contributed by atoms with E-state index in [4.69, 9.17) is 4.74 Å². The molecule has 27 heavy (non-hydrogen) atoms. The maximum absolute atomic E-state index is 12.7. The second-order valence-electron chi connectivity index (χ2n) is 7.49. The average molecular weight is 372 g/mol. The molecule has 2 aromatic rings. The number of likely N-dealkylation sites (tertiary alicyclic amines) is 1. The van der Waals surface area contributed by atoms with Crippen molar-refractivity contribution in [3.63, 3.8) is 0 Å². The van der Waals surface area contributed by atoms with Crippen LogP contribution in [0.15, 0.2) is 18.3 Å². The highest BCUT2D eigenvalue weighted by Crippen LogP contribution is 2.27. The van der Waals surface area contributed by atoms with E-state index in [1.807, 2.05) is 34.8 Å². The Hall–Kier alpha value is -2.19. The zero-order chi connectivity index (χ0) is 18.8. The molecule has 2 aromatic heterocycles. The first-order chi connectivity index (χ1) is 13.1. The summed E-state index contributed by atoms with van der Waals surface area (Å²) in [6, 6.07) is 3.80. The van der Waals surface area contributed by atoms with Gasteiger partial charge in [0.2, 0.25) is 0 Å². The minimum atomic E-state index is 0.118. The zero-order valence-corrected chi connectivity index (χ0v) is 16.2. The molecule has 2 fully saturated rings. The van der Waals surface area contributed by atoms with E-state index in [1.165, 1.54) is 0 Å². The molecule has 2 saturated heterocycles. The van der Waals surface area contributed by atoms with Gasteiger partial charge in [0.15, 0.2) is 0 Å². The van der Waals surface area contributed by atoms with Gasteiger partial charge in [-0.25, -0.2) is 0 Å². The van der Waals surface area contributed by atoms with Gasteiger partial charge in [0.05, 0.1) is 19.8 Å². The molecule has 8 heteroatoms. The maximum atomic E-state index is 12.7. The molecular weight excluding hydrogens is 344 g/mol. The molecule has 0 spiro atoms. The van der Waals surface area contributed by atoms with Crippen molar-refractivity contribution in [1.29, 1.82) is 0 Å². The Morgan fingerprint density at radius 2 is 1.89 bits per heavy atom. The lowest BCUT2D eigenvalue weighted by Crippen LogP contribution is -2.39. The third-order valence-electron chi connectivity index (χ3n) is 5.78. The number of carbonyl (C=O) groups is 1. The number of amides is 1. The fraction of sp³-hybridized carbons (Fsp3) is 0.632. The minimum Gasteiger partial charge on any atom is -0.379 e. The van der Waals surface area contributed by atoms with Crippen LogP contribution in [-0.4, -0.2) is 74.4 Å². The summed E-state index contributed by atoms with van der Waals surface area (Å²) >= 11 is 0. The quantitative estimate of drug-likeness (QED) is 0.801. The summed E-state index contributed by atoms with van der Waals surface area (Å²) < 4.78 is 9.44. The molecule has 0 bridgehead atoms. The molecule has 0 unspecified atom stereocenters. The number of piperidine rings is 1. The van der Waals surface area contributed by atoms with Crippen LogP contribution in [0.4, 0.5) is 0 Å². The number of rotatable bonds is 4. The van der Waals surface area contributed by atoms with Crippen molar-refractivity contribution in [3.05, 3.63) is 35.7 Å². The normalized spacial score (nSPS) is 19.6. The molecule has 4 heterocycles. The summed E-state index contributed by atoms with van der Waals surface area (Å²) in [5.74, 6) is 2.53. The highest BCUT2D eigenvalue weighted by Gasteiger charge is 2.28. The summed E-state index contributed by atoms with van der Waals surface area (Å²) in [7, 11) is 3.97. The Balaban J connectivity index is 1.37. The first-order valence-corrected chi connectivity index (χ1v) is 9.72. The molecule has 0 atom stereocenters. The fourth-order valence-electron chi connectivity index (χ4n) is 4.01. The van der Waals surface area contributed by atoms with Gasteiger partial charge in [-0.15, -0.1) is 10.2 Å². The maximum Gasteiger partial charge on any atom is 0.270 e. The van der Waals surface area contributed by atoms with Crippen LogP contribution in [0.2, 0.25) is 0 Å². The predicted octanol–water partition coefficient (Wildman–Crippen LogP) is 1.01. The Labute approximate surface area is 159 Å². The third-order valence-corrected chi connectivity index (χ3v) is 5.78.